The van der Waals surface area contributed by atoms with Crippen molar-refractivity contribution in [3.05, 3.63) is 94.5 Å². The molecule has 7 heteroatoms. The maximum atomic E-state index is 6.00. The predicted octanol–water partition coefficient (Wildman–Crippen LogP) is 5.70. The van der Waals surface area contributed by atoms with Gasteiger partial charge >= 0.3 is 0 Å². The molecule has 5 N–H and O–H groups in total. The summed E-state index contributed by atoms with van der Waals surface area (Å²) < 4.78 is 0. The molecule has 0 atom stereocenters. The number of hydrogen-bond acceptors (Lipinski definition) is 4. The average Bonchev–Trinajstić information content (AvgIpc) is 2.70. The Hall–Kier alpha value is -1.95. The summed E-state index contributed by atoms with van der Waals surface area (Å²) >= 11 is 11.4. The molecule has 3 aromatic carbocycles. The van der Waals surface area contributed by atoms with Crippen molar-refractivity contribution in [3.63, 3.8) is 0 Å². The standard InChI is InChI=1S/C15H17ClN2.C6H7ClN2.ClH/c16-14-8-10-15(11-9-14)18(17)12-4-7-13-5-2-1-3-6-13;7-5-1-3-6(9-8)4-2-5;/h1-3,5-6,8-11H,4,7,12,17H2;1-4,9H,8H2;1H. The Morgan fingerprint density at radius 3 is 1.86 bits per heavy atom. The van der Waals surface area contributed by atoms with Gasteiger partial charge in [0.1, 0.15) is 0 Å². The van der Waals surface area contributed by atoms with Crippen molar-refractivity contribution >= 4 is 47.0 Å². The van der Waals surface area contributed by atoms with Crippen LogP contribution in [0.3, 0.4) is 0 Å². The molecular weight excluding hydrogens is 415 g/mol. The Morgan fingerprint density at radius 1 is 0.786 bits per heavy atom. The van der Waals surface area contributed by atoms with Gasteiger partial charge in [0.05, 0.1) is 5.69 Å². The van der Waals surface area contributed by atoms with E-state index in [1.165, 1.54) is 5.56 Å². The molecule has 0 bridgehead atoms. The number of hydrogen-bond donors (Lipinski definition) is 3. The van der Waals surface area contributed by atoms with Crippen molar-refractivity contribution in [2.45, 2.75) is 12.8 Å². The summed E-state index contributed by atoms with van der Waals surface area (Å²) in [6.07, 6.45) is 2.07. The minimum atomic E-state index is 0. The monoisotopic (exact) mass is 438 g/mol. The van der Waals surface area contributed by atoms with E-state index in [1.54, 1.807) is 17.1 Å². The first-order chi connectivity index (χ1) is 13.1. The number of hydrazine groups is 2. The third kappa shape index (κ3) is 8.83. The van der Waals surface area contributed by atoms with Crippen molar-refractivity contribution in [1.29, 1.82) is 0 Å². The first kappa shape index (κ1) is 24.1. The summed E-state index contributed by atoms with van der Waals surface area (Å²) in [5.41, 5.74) is 5.70. The fourth-order valence-electron chi connectivity index (χ4n) is 2.41. The van der Waals surface area contributed by atoms with Crippen molar-refractivity contribution in [2.24, 2.45) is 11.7 Å². The SMILES string of the molecule is Cl.NN(CCCc1ccccc1)c1ccc(Cl)cc1.NNc1ccc(Cl)cc1. The zero-order valence-electron chi connectivity index (χ0n) is 15.4. The van der Waals surface area contributed by atoms with Crippen LogP contribution in [0.4, 0.5) is 11.4 Å². The molecule has 3 rings (SSSR count). The van der Waals surface area contributed by atoms with Crippen LogP contribution in [0.2, 0.25) is 10.0 Å². The molecule has 0 heterocycles. The summed E-state index contributed by atoms with van der Waals surface area (Å²) in [4.78, 5) is 0. The Morgan fingerprint density at radius 2 is 1.32 bits per heavy atom. The zero-order valence-corrected chi connectivity index (χ0v) is 17.7. The van der Waals surface area contributed by atoms with E-state index in [1.807, 2.05) is 42.5 Å². The Bertz CT molecular complexity index is 781. The van der Waals surface area contributed by atoms with Crippen LogP contribution in [-0.2, 0) is 6.42 Å². The Kier molecular flexibility index (Phi) is 11.4. The normalized spacial score (nSPS) is 9.57. The molecule has 0 aliphatic carbocycles. The van der Waals surface area contributed by atoms with Crippen LogP contribution >= 0.6 is 35.6 Å². The lowest BCUT2D eigenvalue weighted by Crippen LogP contribution is -2.31. The molecule has 4 nitrogen and oxygen atoms in total. The molecular formula is C21H25Cl3N4. The Labute approximate surface area is 182 Å². The number of nitrogens with two attached hydrogens (primary N) is 2. The van der Waals surface area contributed by atoms with E-state index in [0.717, 1.165) is 35.8 Å². The molecule has 150 valence electrons. The van der Waals surface area contributed by atoms with Crippen molar-refractivity contribution < 1.29 is 0 Å². The molecule has 28 heavy (non-hydrogen) atoms. The summed E-state index contributed by atoms with van der Waals surface area (Å²) in [6.45, 7) is 0.830. The van der Waals surface area contributed by atoms with Crippen LogP contribution in [-0.4, -0.2) is 6.54 Å². The molecule has 0 fully saturated rings. The summed E-state index contributed by atoms with van der Waals surface area (Å²) in [5, 5.41) is 3.21. The first-order valence-electron chi connectivity index (χ1n) is 8.62. The highest BCUT2D eigenvalue weighted by Crippen LogP contribution is 2.16. The van der Waals surface area contributed by atoms with E-state index in [0.29, 0.717) is 5.02 Å². The van der Waals surface area contributed by atoms with Gasteiger partial charge in [0.25, 0.3) is 0 Å². The molecule has 0 aliphatic heterocycles. The fourth-order valence-corrected chi connectivity index (χ4v) is 2.66. The molecule has 0 spiro atoms. The Balaban J connectivity index is 0.000000332. The van der Waals surface area contributed by atoms with E-state index in [4.69, 9.17) is 34.9 Å². The number of nitrogens with zero attached hydrogens (tertiary/aromatic N) is 1. The fraction of sp³-hybridized carbons (Fsp3) is 0.143. The van der Waals surface area contributed by atoms with E-state index >= 15 is 0 Å². The maximum absolute atomic E-state index is 6.00. The smallest absolute Gasteiger partial charge is 0.0518 e. The van der Waals surface area contributed by atoms with E-state index in [2.05, 4.69) is 29.7 Å². The third-order valence-corrected chi connectivity index (χ3v) is 4.38. The van der Waals surface area contributed by atoms with Gasteiger partial charge in [-0.2, -0.15) is 0 Å². The molecule has 0 saturated heterocycles. The largest absolute Gasteiger partial charge is 0.324 e. The molecule has 0 radical (unpaired) electrons. The highest BCUT2D eigenvalue weighted by Gasteiger charge is 2.01. The topological polar surface area (TPSA) is 67.3 Å². The highest BCUT2D eigenvalue weighted by molar-refractivity contribution is 6.30. The lowest BCUT2D eigenvalue weighted by atomic mass is 10.1. The van der Waals surface area contributed by atoms with Gasteiger partial charge in [0, 0.05) is 22.3 Å². The number of halogens is 3. The number of benzene rings is 3. The van der Waals surface area contributed by atoms with E-state index in [9.17, 15) is 0 Å². The first-order valence-corrected chi connectivity index (χ1v) is 9.38. The molecule has 0 aromatic heterocycles. The van der Waals surface area contributed by atoms with Crippen LogP contribution in [0.15, 0.2) is 78.9 Å². The van der Waals surface area contributed by atoms with Gasteiger partial charge in [-0.3, -0.25) is 5.84 Å². The van der Waals surface area contributed by atoms with Gasteiger partial charge in [0.2, 0.25) is 0 Å². The second-order valence-electron chi connectivity index (χ2n) is 5.91. The van der Waals surface area contributed by atoms with Gasteiger partial charge in [0.15, 0.2) is 0 Å². The van der Waals surface area contributed by atoms with Gasteiger partial charge < -0.3 is 10.4 Å². The lowest BCUT2D eigenvalue weighted by molar-refractivity contribution is 0.754. The van der Waals surface area contributed by atoms with Crippen molar-refractivity contribution in [2.75, 3.05) is 17.0 Å². The summed E-state index contributed by atoms with van der Waals surface area (Å²) in [6, 6.07) is 25.2. The highest BCUT2D eigenvalue weighted by atomic mass is 35.5. The molecule has 0 unspecified atom stereocenters. The van der Waals surface area contributed by atoms with E-state index in [-0.39, 0.29) is 12.4 Å². The minimum Gasteiger partial charge on any atom is -0.324 e. The van der Waals surface area contributed by atoms with Crippen molar-refractivity contribution in [3.8, 4) is 0 Å². The van der Waals surface area contributed by atoms with Gasteiger partial charge in [-0.05, 0) is 66.9 Å². The summed E-state index contributed by atoms with van der Waals surface area (Å²) in [7, 11) is 0. The van der Waals surface area contributed by atoms with Crippen LogP contribution in [0.1, 0.15) is 12.0 Å². The second-order valence-corrected chi connectivity index (χ2v) is 6.78. The van der Waals surface area contributed by atoms with E-state index < -0.39 is 0 Å². The molecule has 0 amide bonds. The predicted molar refractivity (Wildman–Crippen MR) is 124 cm³/mol. The third-order valence-electron chi connectivity index (χ3n) is 3.88. The van der Waals surface area contributed by atoms with Crippen LogP contribution in [0.25, 0.3) is 0 Å². The van der Waals surface area contributed by atoms with Gasteiger partial charge in [-0.15, -0.1) is 12.4 Å². The van der Waals surface area contributed by atoms with Gasteiger partial charge in [-0.1, -0.05) is 53.5 Å². The average molecular weight is 440 g/mol. The van der Waals surface area contributed by atoms with Crippen LogP contribution in [0, 0.1) is 0 Å². The molecule has 0 saturated carbocycles. The lowest BCUT2D eigenvalue weighted by Gasteiger charge is -2.18. The number of anilines is 2. The van der Waals surface area contributed by atoms with Gasteiger partial charge in [-0.25, -0.2) is 5.84 Å². The number of rotatable bonds is 6. The van der Waals surface area contributed by atoms with Crippen molar-refractivity contribution in [1.82, 2.24) is 0 Å². The quantitative estimate of drug-likeness (QED) is 0.340. The number of nitrogen functional groups attached to an aromatic ring is 1. The summed E-state index contributed by atoms with van der Waals surface area (Å²) in [5.74, 6) is 11.1. The molecule has 3 aromatic rings. The maximum Gasteiger partial charge on any atom is 0.0518 e. The zero-order chi connectivity index (χ0) is 19.5. The minimum absolute atomic E-state index is 0. The van der Waals surface area contributed by atoms with Crippen LogP contribution in [0.5, 0.6) is 0 Å². The number of nitrogens with one attached hydrogen (secondary N) is 1. The number of aryl methyl sites for hydroxylation is 1. The molecule has 0 aliphatic rings. The van der Waals surface area contributed by atoms with Crippen LogP contribution < -0.4 is 22.1 Å². The second kappa shape index (κ2) is 13.3.